The molecule has 1 aliphatic heterocycles. The van der Waals surface area contributed by atoms with Gasteiger partial charge in [-0.15, -0.1) is 0 Å². The van der Waals surface area contributed by atoms with Crippen LogP contribution in [0.1, 0.15) is 13.3 Å². The highest BCUT2D eigenvalue weighted by atomic mass is 16.5. The number of hydrogen-bond acceptors (Lipinski definition) is 3. The number of ether oxygens (including phenoxy) is 1. The minimum absolute atomic E-state index is 0.0980. The number of carbonyl (C=O) groups excluding carboxylic acids is 1. The Kier molecular flexibility index (Phi) is 4.84. The van der Waals surface area contributed by atoms with Gasteiger partial charge < -0.3 is 20.3 Å². The van der Waals surface area contributed by atoms with E-state index in [4.69, 9.17) is 4.74 Å². The summed E-state index contributed by atoms with van der Waals surface area (Å²) in [6, 6.07) is 0.425. The summed E-state index contributed by atoms with van der Waals surface area (Å²) in [7, 11) is 3.99. The van der Waals surface area contributed by atoms with Crippen LogP contribution in [-0.4, -0.2) is 56.9 Å². The fraction of sp³-hybridized carbons (Fsp3) is 0.900. The summed E-state index contributed by atoms with van der Waals surface area (Å²) < 4.78 is 5.17. The van der Waals surface area contributed by atoms with Crippen LogP contribution in [0.3, 0.4) is 0 Å². The molecule has 0 radical (unpaired) electrons. The molecule has 2 unspecified atom stereocenters. The Bertz CT molecular complexity index is 203. The summed E-state index contributed by atoms with van der Waals surface area (Å²) in [5, 5.41) is 5.72. The van der Waals surface area contributed by atoms with E-state index in [0.29, 0.717) is 19.2 Å². The van der Waals surface area contributed by atoms with Crippen molar-refractivity contribution in [1.29, 1.82) is 0 Å². The van der Waals surface area contributed by atoms with E-state index in [-0.39, 0.29) is 12.1 Å². The maximum Gasteiger partial charge on any atom is 0.315 e. The molecule has 0 aromatic carbocycles. The fourth-order valence-electron chi connectivity index (χ4n) is 1.31. The number of amides is 2. The molecule has 2 N–H and O–H groups in total. The second-order valence-corrected chi connectivity index (χ2v) is 4.23. The van der Waals surface area contributed by atoms with Gasteiger partial charge in [0.15, 0.2) is 0 Å². The van der Waals surface area contributed by atoms with E-state index in [1.807, 2.05) is 14.1 Å². The van der Waals surface area contributed by atoms with Gasteiger partial charge in [0.05, 0.1) is 12.6 Å². The first-order valence-corrected chi connectivity index (χ1v) is 5.38. The molecule has 15 heavy (non-hydrogen) atoms. The lowest BCUT2D eigenvalue weighted by molar-refractivity contribution is 0.188. The van der Waals surface area contributed by atoms with Gasteiger partial charge in [-0.3, -0.25) is 0 Å². The normalized spacial score (nSPS) is 22.8. The highest BCUT2D eigenvalue weighted by Gasteiger charge is 2.17. The van der Waals surface area contributed by atoms with Crippen LogP contribution in [0, 0.1) is 0 Å². The number of nitrogens with zero attached hydrogens (tertiary/aromatic N) is 1. The van der Waals surface area contributed by atoms with Crippen LogP contribution in [0.4, 0.5) is 4.79 Å². The van der Waals surface area contributed by atoms with E-state index in [0.717, 1.165) is 13.0 Å². The Hall–Kier alpha value is -0.810. The molecule has 0 spiro atoms. The molecule has 0 aromatic rings. The average Bonchev–Trinajstić information content (AvgIpc) is 2.66. The summed E-state index contributed by atoms with van der Waals surface area (Å²) in [4.78, 5) is 13.5. The van der Waals surface area contributed by atoms with Gasteiger partial charge in [-0.2, -0.15) is 0 Å². The smallest absolute Gasteiger partial charge is 0.315 e. The highest BCUT2D eigenvalue weighted by molar-refractivity contribution is 5.74. The zero-order valence-corrected chi connectivity index (χ0v) is 9.75. The molecule has 5 heteroatoms. The van der Waals surface area contributed by atoms with Gasteiger partial charge in [0.25, 0.3) is 0 Å². The van der Waals surface area contributed by atoms with Crippen molar-refractivity contribution in [2.24, 2.45) is 0 Å². The van der Waals surface area contributed by atoms with E-state index in [2.05, 4.69) is 22.5 Å². The Labute approximate surface area is 91.2 Å². The molecule has 0 saturated carbocycles. The van der Waals surface area contributed by atoms with Crippen molar-refractivity contribution in [2.45, 2.75) is 25.4 Å². The zero-order valence-electron chi connectivity index (χ0n) is 9.75. The third-order valence-electron chi connectivity index (χ3n) is 2.70. The molecule has 5 nitrogen and oxygen atoms in total. The van der Waals surface area contributed by atoms with Gasteiger partial charge in [0, 0.05) is 19.2 Å². The number of hydrogen-bond donors (Lipinski definition) is 2. The summed E-state index contributed by atoms with van der Waals surface area (Å²) in [6.07, 6.45) is 0.913. The Balaban J connectivity index is 2.12. The van der Waals surface area contributed by atoms with Crippen LogP contribution >= 0.6 is 0 Å². The van der Waals surface area contributed by atoms with Gasteiger partial charge >= 0.3 is 6.03 Å². The third kappa shape index (κ3) is 4.48. The minimum Gasteiger partial charge on any atom is -0.379 e. The second kappa shape index (κ2) is 5.92. The summed E-state index contributed by atoms with van der Waals surface area (Å²) in [5.74, 6) is 0. The lowest BCUT2D eigenvalue weighted by atomic mass is 10.3. The van der Waals surface area contributed by atoms with Crippen LogP contribution in [-0.2, 0) is 4.74 Å². The number of carbonyl (C=O) groups is 1. The van der Waals surface area contributed by atoms with Gasteiger partial charge in [0.2, 0.25) is 0 Å². The van der Waals surface area contributed by atoms with Crippen molar-refractivity contribution in [3.8, 4) is 0 Å². The first-order chi connectivity index (χ1) is 7.09. The van der Waals surface area contributed by atoms with Gasteiger partial charge in [-0.05, 0) is 27.4 Å². The number of nitrogens with one attached hydrogen (secondary N) is 2. The van der Waals surface area contributed by atoms with Crippen molar-refractivity contribution in [1.82, 2.24) is 15.5 Å². The molecule has 0 aromatic heterocycles. The molecule has 88 valence electrons. The van der Waals surface area contributed by atoms with E-state index in [1.165, 1.54) is 0 Å². The predicted octanol–water partition coefficient (Wildman–Crippen LogP) is 0.0246. The van der Waals surface area contributed by atoms with Crippen LogP contribution in [0.25, 0.3) is 0 Å². The SMILES string of the molecule is CC(CNC(=O)NC1CCOC1)N(C)C. The molecule has 1 fully saturated rings. The third-order valence-corrected chi connectivity index (χ3v) is 2.70. The number of likely N-dealkylation sites (N-methyl/N-ethyl adjacent to an activating group) is 1. The standard InChI is InChI=1S/C10H21N3O2/c1-8(13(2)3)6-11-10(14)12-9-4-5-15-7-9/h8-9H,4-7H2,1-3H3,(H2,11,12,14). The topological polar surface area (TPSA) is 53.6 Å². The van der Waals surface area contributed by atoms with E-state index >= 15 is 0 Å². The zero-order chi connectivity index (χ0) is 11.3. The van der Waals surface area contributed by atoms with Crippen LogP contribution < -0.4 is 10.6 Å². The summed E-state index contributed by atoms with van der Waals surface area (Å²) in [5.41, 5.74) is 0. The van der Waals surface area contributed by atoms with Crippen molar-refractivity contribution in [2.75, 3.05) is 33.9 Å². The van der Waals surface area contributed by atoms with Gasteiger partial charge in [0.1, 0.15) is 0 Å². The molecular weight excluding hydrogens is 194 g/mol. The Morgan fingerprint density at radius 2 is 2.33 bits per heavy atom. The quantitative estimate of drug-likeness (QED) is 0.695. The lowest BCUT2D eigenvalue weighted by Crippen LogP contribution is -2.46. The molecule has 1 heterocycles. The molecule has 2 amide bonds. The van der Waals surface area contributed by atoms with Crippen LogP contribution in [0.15, 0.2) is 0 Å². The summed E-state index contributed by atoms with van der Waals surface area (Å²) in [6.45, 7) is 4.11. The Morgan fingerprint density at radius 1 is 1.60 bits per heavy atom. The molecule has 1 saturated heterocycles. The first-order valence-electron chi connectivity index (χ1n) is 5.38. The molecule has 1 aliphatic rings. The van der Waals surface area contributed by atoms with Gasteiger partial charge in [-0.25, -0.2) is 4.79 Å². The highest BCUT2D eigenvalue weighted by Crippen LogP contribution is 2.02. The number of rotatable bonds is 4. The number of urea groups is 1. The van der Waals surface area contributed by atoms with Crippen molar-refractivity contribution in [3.05, 3.63) is 0 Å². The van der Waals surface area contributed by atoms with Crippen LogP contribution in [0.5, 0.6) is 0 Å². The van der Waals surface area contributed by atoms with Crippen molar-refractivity contribution in [3.63, 3.8) is 0 Å². The molecule has 1 rings (SSSR count). The molecule has 0 bridgehead atoms. The predicted molar refractivity (Wildman–Crippen MR) is 58.9 cm³/mol. The van der Waals surface area contributed by atoms with Crippen molar-refractivity contribution < 1.29 is 9.53 Å². The summed E-state index contributed by atoms with van der Waals surface area (Å²) >= 11 is 0. The maximum atomic E-state index is 11.4. The average molecular weight is 215 g/mol. The second-order valence-electron chi connectivity index (χ2n) is 4.23. The molecular formula is C10H21N3O2. The van der Waals surface area contributed by atoms with Gasteiger partial charge in [-0.1, -0.05) is 0 Å². The molecule has 2 atom stereocenters. The van der Waals surface area contributed by atoms with E-state index in [9.17, 15) is 4.79 Å². The fourth-order valence-corrected chi connectivity index (χ4v) is 1.31. The lowest BCUT2D eigenvalue weighted by Gasteiger charge is -2.20. The first kappa shape index (κ1) is 12.3. The van der Waals surface area contributed by atoms with E-state index in [1.54, 1.807) is 0 Å². The minimum atomic E-state index is -0.0980. The maximum absolute atomic E-state index is 11.4. The van der Waals surface area contributed by atoms with Crippen LogP contribution in [0.2, 0.25) is 0 Å². The van der Waals surface area contributed by atoms with Crippen molar-refractivity contribution >= 4 is 6.03 Å². The monoisotopic (exact) mass is 215 g/mol. The molecule has 0 aliphatic carbocycles. The Morgan fingerprint density at radius 3 is 2.87 bits per heavy atom. The van der Waals surface area contributed by atoms with E-state index < -0.39 is 0 Å². The largest absolute Gasteiger partial charge is 0.379 e.